The molecule has 0 saturated heterocycles. The van der Waals surface area contributed by atoms with Gasteiger partial charge in [-0.25, -0.2) is 0 Å². The van der Waals surface area contributed by atoms with Crippen LogP contribution in [-0.4, -0.2) is 25.0 Å². The molecule has 278 valence electrons. The zero-order valence-corrected chi connectivity index (χ0v) is 32.9. The Bertz CT molecular complexity index is 2780. The summed E-state index contributed by atoms with van der Waals surface area (Å²) in [5.74, 6) is 0.183. The fourth-order valence-electron chi connectivity index (χ4n) is 7.89. The Morgan fingerprint density at radius 2 is 1.44 bits per heavy atom. The number of carbonyl (C=O) groups excluding carboxylic acids is 1. The fourth-order valence-corrected chi connectivity index (χ4v) is 9.51. The second-order valence-corrected chi connectivity index (χ2v) is 18.0. The van der Waals surface area contributed by atoms with Crippen LogP contribution >= 0.6 is 23.2 Å². The first-order chi connectivity index (χ1) is 26.0. The zero-order chi connectivity index (χ0) is 39.0. The first-order valence-corrected chi connectivity index (χ1v) is 19.8. The van der Waals surface area contributed by atoms with E-state index in [1.165, 1.54) is 6.07 Å². The average molecular weight is 792 g/mol. The van der Waals surface area contributed by atoms with Gasteiger partial charge >= 0.3 is 0 Å². The van der Waals surface area contributed by atoms with E-state index in [0.29, 0.717) is 49.2 Å². The summed E-state index contributed by atoms with van der Waals surface area (Å²) in [7, 11) is -4.21. The van der Waals surface area contributed by atoms with Crippen LogP contribution in [0.25, 0.3) is 22.0 Å². The molecule has 55 heavy (non-hydrogen) atoms. The van der Waals surface area contributed by atoms with Gasteiger partial charge in [0.15, 0.2) is 17.4 Å². The number of rotatable bonds is 7. The summed E-state index contributed by atoms with van der Waals surface area (Å²) >= 11 is 13.3. The zero-order valence-electron chi connectivity index (χ0n) is 30.6. The van der Waals surface area contributed by atoms with Crippen LogP contribution in [0.2, 0.25) is 10.0 Å². The highest BCUT2D eigenvalue weighted by atomic mass is 35.5. The maximum absolute atomic E-state index is 14.6. The Hall–Kier alpha value is -5.42. The number of amidine groups is 1. The molecule has 12 heteroatoms. The van der Waals surface area contributed by atoms with Crippen molar-refractivity contribution in [3.8, 4) is 22.6 Å². The van der Waals surface area contributed by atoms with E-state index in [1.54, 1.807) is 66.7 Å². The SMILES string of the molecule is CC(C)(C)CC(C)(C)c1ccc(Oc2cc(Nc3c(Cl)cccc3Cl)c3c4c(c(C5=NS(=O)(=O)c6ccccc6N5)c(=O)[nH]c24)-c2ccccc2C3=O)cc1. The van der Waals surface area contributed by atoms with Gasteiger partial charge in [-0.2, -0.15) is 8.42 Å². The van der Waals surface area contributed by atoms with Gasteiger partial charge in [-0.1, -0.05) is 112 Å². The number of ether oxygens (including phenoxy) is 1. The number of pyridine rings is 1. The number of para-hydroxylation sites is 2. The number of H-pyrrole nitrogens is 1. The minimum Gasteiger partial charge on any atom is -0.455 e. The molecule has 2 aliphatic rings. The van der Waals surface area contributed by atoms with Crippen molar-refractivity contribution in [3.05, 3.63) is 140 Å². The van der Waals surface area contributed by atoms with Crippen molar-refractivity contribution >= 4 is 72.8 Å². The first-order valence-electron chi connectivity index (χ1n) is 17.6. The summed E-state index contributed by atoms with van der Waals surface area (Å²) < 4.78 is 37.7. The van der Waals surface area contributed by atoms with E-state index in [1.807, 2.05) is 24.3 Å². The van der Waals surface area contributed by atoms with Crippen LogP contribution in [0.1, 0.15) is 68.1 Å². The van der Waals surface area contributed by atoms with Gasteiger partial charge in [0.2, 0.25) is 0 Å². The van der Waals surface area contributed by atoms with Gasteiger partial charge in [-0.15, -0.1) is 4.40 Å². The van der Waals surface area contributed by atoms with E-state index in [9.17, 15) is 18.0 Å². The first kappa shape index (κ1) is 36.6. The maximum Gasteiger partial charge on any atom is 0.286 e. The number of fused-ring (bicyclic) bond motifs is 3. The number of hydrogen-bond acceptors (Lipinski definition) is 7. The number of carbonyl (C=O) groups is 1. The molecule has 0 bridgehead atoms. The lowest BCUT2D eigenvalue weighted by Gasteiger charge is -2.33. The number of nitrogens with one attached hydrogen (secondary N) is 3. The quantitative estimate of drug-likeness (QED) is 0.147. The summed E-state index contributed by atoms with van der Waals surface area (Å²) in [6.45, 7) is 11.1. The summed E-state index contributed by atoms with van der Waals surface area (Å²) in [4.78, 5) is 32.0. The number of aromatic nitrogens is 1. The lowest BCUT2D eigenvalue weighted by atomic mass is 9.72. The number of halogens is 2. The van der Waals surface area contributed by atoms with Crippen molar-refractivity contribution in [1.82, 2.24) is 4.98 Å². The molecule has 0 spiro atoms. The molecule has 1 aliphatic carbocycles. The van der Waals surface area contributed by atoms with Crippen molar-refractivity contribution in [3.63, 3.8) is 0 Å². The summed E-state index contributed by atoms with van der Waals surface area (Å²) in [6, 6.07) is 27.7. The third-order valence-corrected chi connectivity index (χ3v) is 11.8. The highest BCUT2D eigenvalue weighted by molar-refractivity contribution is 7.90. The number of hydrogen-bond donors (Lipinski definition) is 3. The predicted octanol–water partition coefficient (Wildman–Crippen LogP) is 10.9. The lowest BCUT2D eigenvalue weighted by molar-refractivity contribution is 0.104. The maximum atomic E-state index is 14.6. The van der Waals surface area contributed by atoms with Gasteiger partial charge in [0, 0.05) is 22.6 Å². The highest BCUT2D eigenvalue weighted by Gasteiger charge is 2.36. The van der Waals surface area contributed by atoms with Crippen LogP contribution in [0.3, 0.4) is 0 Å². The smallest absolute Gasteiger partial charge is 0.286 e. The number of aromatic amines is 1. The Morgan fingerprint density at radius 1 is 0.782 bits per heavy atom. The molecule has 0 fully saturated rings. The minimum atomic E-state index is -4.21. The van der Waals surface area contributed by atoms with Gasteiger partial charge in [-0.3, -0.25) is 9.59 Å². The van der Waals surface area contributed by atoms with Crippen LogP contribution in [-0.2, 0) is 15.4 Å². The molecule has 1 aliphatic heterocycles. The molecule has 9 nitrogen and oxygen atoms in total. The highest BCUT2D eigenvalue weighted by Crippen LogP contribution is 2.48. The Labute approximate surface area is 328 Å². The Kier molecular flexibility index (Phi) is 8.71. The molecule has 5 aromatic carbocycles. The molecule has 2 heterocycles. The molecule has 0 amide bonds. The largest absolute Gasteiger partial charge is 0.455 e. The molecule has 0 unspecified atom stereocenters. The van der Waals surface area contributed by atoms with E-state index in [4.69, 9.17) is 27.9 Å². The van der Waals surface area contributed by atoms with Crippen molar-refractivity contribution in [2.24, 2.45) is 9.81 Å². The standard InChI is InChI=1S/C43H36Cl2N4O5S/c1-42(2,3)22-43(4,5)23-17-19-24(20-18-23)54-31-21-30(46-37-27(44)13-10-14-28(37)45)34-35-33(25-11-6-7-12-26(25)39(34)50)36(41(51)48-38(31)35)40-47-29-15-8-9-16-32(29)55(52,53)49-40/h6-21,46H,22H2,1-5H3,(H,47,49)(H,48,51). The number of benzene rings is 5. The van der Waals surface area contributed by atoms with E-state index >= 15 is 0 Å². The average Bonchev–Trinajstić information content (AvgIpc) is 3.11. The molecule has 0 radical (unpaired) electrons. The molecule has 8 rings (SSSR count). The van der Waals surface area contributed by atoms with Crippen molar-refractivity contribution < 1.29 is 17.9 Å². The van der Waals surface area contributed by atoms with E-state index in [0.717, 1.165) is 12.0 Å². The molecule has 0 saturated carbocycles. The van der Waals surface area contributed by atoms with Crippen molar-refractivity contribution in [2.45, 2.75) is 51.3 Å². The van der Waals surface area contributed by atoms with Gasteiger partial charge in [0.05, 0.1) is 43.8 Å². The monoisotopic (exact) mass is 790 g/mol. The van der Waals surface area contributed by atoms with Crippen LogP contribution in [0.5, 0.6) is 11.5 Å². The molecule has 3 N–H and O–H groups in total. The third kappa shape index (κ3) is 6.48. The van der Waals surface area contributed by atoms with E-state index in [2.05, 4.69) is 54.6 Å². The van der Waals surface area contributed by atoms with Crippen LogP contribution in [0.4, 0.5) is 17.1 Å². The van der Waals surface area contributed by atoms with Crippen molar-refractivity contribution in [2.75, 3.05) is 10.6 Å². The fraction of sp³-hybridized carbons (Fsp3) is 0.186. The summed E-state index contributed by atoms with van der Waals surface area (Å²) in [5, 5.41) is 7.31. The Morgan fingerprint density at radius 3 is 2.13 bits per heavy atom. The number of anilines is 3. The van der Waals surface area contributed by atoms with E-state index in [-0.39, 0.29) is 55.4 Å². The molecule has 1 aromatic heterocycles. The predicted molar refractivity (Wildman–Crippen MR) is 221 cm³/mol. The van der Waals surface area contributed by atoms with Gasteiger partial charge in [0.25, 0.3) is 15.6 Å². The number of ketones is 1. The number of sulfonamides is 1. The third-order valence-electron chi connectivity index (χ3n) is 9.85. The molecule has 6 aromatic rings. The van der Waals surface area contributed by atoms with Crippen molar-refractivity contribution in [1.29, 1.82) is 0 Å². The van der Waals surface area contributed by atoms with Gasteiger partial charge in [-0.05, 0) is 64.8 Å². The Balaban J connectivity index is 1.40. The van der Waals surface area contributed by atoms with Gasteiger partial charge in [0.1, 0.15) is 10.6 Å². The summed E-state index contributed by atoms with van der Waals surface area (Å²) in [5.41, 5.74) is 2.84. The lowest BCUT2D eigenvalue weighted by Crippen LogP contribution is -2.31. The molecular weight excluding hydrogens is 755 g/mol. The van der Waals surface area contributed by atoms with Crippen LogP contribution in [0.15, 0.2) is 111 Å². The normalized spacial score (nSPS) is 14.5. The second-order valence-electron chi connectivity index (χ2n) is 15.6. The van der Waals surface area contributed by atoms with Crippen LogP contribution < -0.4 is 20.9 Å². The topological polar surface area (TPSA) is 130 Å². The summed E-state index contributed by atoms with van der Waals surface area (Å²) in [6.07, 6.45) is 0.959. The van der Waals surface area contributed by atoms with Crippen LogP contribution in [0, 0.1) is 5.41 Å². The van der Waals surface area contributed by atoms with Gasteiger partial charge < -0.3 is 20.4 Å². The number of nitrogens with zero attached hydrogens (tertiary/aromatic N) is 1. The second kappa shape index (κ2) is 13.1. The molecular formula is C43H36Cl2N4O5S. The minimum absolute atomic E-state index is 0.0208. The molecule has 0 atom stereocenters. The van der Waals surface area contributed by atoms with E-state index < -0.39 is 15.6 Å².